The molecule has 0 aliphatic rings. The largest absolute Gasteiger partial charge is 0.324 e. The Balaban J connectivity index is 2.20. The van der Waals surface area contributed by atoms with Crippen LogP contribution in [0.1, 0.15) is 37.8 Å². The number of amides is 2. The zero-order valence-corrected chi connectivity index (χ0v) is 15.7. The summed E-state index contributed by atoms with van der Waals surface area (Å²) in [5.41, 5.74) is 3.37. The molecule has 25 heavy (non-hydrogen) atoms. The molecule has 0 saturated carbocycles. The van der Waals surface area contributed by atoms with Crippen molar-refractivity contribution in [3.63, 3.8) is 0 Å². The molecular formula is C20H23ClN2O2. The third-order valence-corrected chi connectivity index (χ3v) is 4.22. The van der Waals surface area contributed by atoms with Gasteiger partial charge in [-0.05, 0) is 48.2 Å². The first-order valence-electron chi connectivity index (χ1n) is 8.22. The summed E-state index contributed by atoms with van der Waals surface area (Å²) < 4.78 is 0. The SMILES string of the molecule is CC(=O)N(CC(=O)Nc1ccccc1C(C)C)c1ccc(Cl)cc1C. The molecule has 132 valence electrons. The Labute approximate surface area is 153 Å². The molecule has 0 heterocycles. The van der Waals surface area contributed by atoms with Gasteiger partial charge in [-0.3, -0.25) is 9.59 Å². The number of para-hydroxylation sites is 1. The molecule has 1 N–H and O–H groups in total. The van der Waals surface area contributed by atoms with Gasteiger partial charge in [0.1, 0.15) is 6.54 Å². The van der Waals surface area contributed by atoms with Gasteiger partial charge in [0.15, 0.2) is 0 Å². The van der Waals surface area contributed by atoms with E-state index in [1.807, 2.05) is 31.2 Å². The van der Waals surface area contributed by atoms with Crippen LogP contribution in [0.5, 0.6) is 0 Å². The monoisotopic (exact) mass is 358 g/mol. The standard InChI is InChI=1S/C20H23ClN2O2/c1-13(2)17-7-5-6-8-18(17)22-20(25)12-23(15(4)24)19-10-9-16(21)11-14(19)3/h5-11,13H,12H2,1-4H3,(H,22,25). The number of nitrogens with zero attached hydrogens (tertiary/aromatic N) is 1. The van der Waals surface area contributed by atoms with Gasteiger partial charge in [0.2, 0.25) is 11.8 Å². The predicted molar refractivity (Wildman–Crippen MR) is 103 cm³/mol. The highest BCUT2D eigenvalue weighted by Crippen LogP contribution is 2.25. The molecule has 0 unspecified atom stereocenters. The van der Waals surface area contributed by atoms with E-state index in [0.29, 0.717) is 16.6 Å². The molecule has 0 atom stereocenters. The van der Waals surface area contributed by atoms with Crippen LogP contribution >= 0.6 is 11.6 Å². The van der Waals surface area contributed by atoms with E-state index in [1.54, 1.807) is 18.2 Å². The minimum Gasteiger partial charge on any atom is -0.324 e. The van der Waals surface area contributed by atoms with Crippen molar-refractivity contribution in [2.24, 2.45) is 0 Å². The highest BCUT2D eigenvalue weighted by Gasteiger charge is 2.18. The fourth-order valence-electron chi connectivity index (χ4n) is 2.74. The molecule has 4 nitrogen and oxygen atoms in total. The molecule has 0 saturated heterocycles. The van der Waals surface area contributed by atoms with Gasteiger partial charge in [-0.1, -0.05) is 43.6 Å². The van der Waals surface area contributed by atoms with E-state index >= 15 is 0 Å². The van der Waals surface area contributed by atoms with Crippen molar-refractivity contribution in [1.29, 1.82) is 0 Å². The van der Waals surface area contributed by atoms with Gasteiger partial charge in [0.05, 0.1) is 0 Å². The molecule has 0 aliphatic heterocycles. The maximum absolute atomic E-state index is 12.5. The van der Waals surface area contributed by atoms with Gasteiger partial charge >= 0.3 is 0 Å². The van der Waals surface area contributed by atoms with Crippen molar-refractivity contribution in [2.45, 2.75) is 33.6 Å². The Hall–Kier alpha value is -2.33. The van der Waals surface area contributed by atoms with E-state index in [-0.39, 0.29) is 18.4 Å². The first-order chi connectivity index (χ1) is 11.8. The van der Waals surface area contributed by atoms with Gasteiger partial charge in [-0.25, -0.2) is 0 Å². The highest BCUT2D eigenvalue weighted by molar-refractivity contribution is 6.30. The number of halogens is 1. The van der Waals surface area contributed by atoms with Gasteiger partial charge in [-0.15, -0.1) is 0 Å². The van der Waals surface area contributed by atoms with Crippen LogP contribution < -0.4 is 10.2 Å². The van der Waals surface area contributed by atoms with Crippen molar-refractivity contribution in [3.8, 4) is 0 Å². The molecule has 5 heteroatoms. The lowest BCUT2D eigenvalue weighted by atomic mass is 10.0. The molecule has 0 bridgehead atoms. The van der Waals surface area contributed by atoms with E-state index in [2.05, 4.69) is 19.2 Å². The summed E-state index contributed by atoms with van der Waals surface area (Å²) in [6.45, 7) is 7.41. The predicted octanol–water partition coefficient (Wildman–Crippen LogP) is 4.76. The molecule has 2 aromatic rings. The van der Waals surface area contributed by atoms with Crippen LogP contribution in [0.3, 0.4) is 0 Å². The average Bonchev–Trinajstić information content (AvgIpc) is 2.53. The normalized spacial score (nSPS) is 10.6. The first kappa shape index (κ1) is 19.0. The van der Waals surface area contributed by atoms with Crippen LogP contribution in [0.15, 0.2) is 42.5 Å². The number of carbonyl (C=O) groups is 2. The number of nitrogens with one attached hydrogen (secondary N) is 1. The Morgan fingerprint density at radius 1 is 1.16 bits per heavy atom. The fraction of sp³-hybridized carbons (Fsp3) is 0.300. The fourth-order valence-corrected chi connectivity index (χ4v) is 2.96. The van der Waals surface area contributed by atoms with E-state index in [9.17, 15) is 9.59 Å². The van der Waals surface area contributed by atoms with Crippen molar-refractivity contribution in [2.75, 3.05) is 16.8 Å². The topological polar surface area (TPSA) is 49.4 Å². The minimum absolute atomic E-state index is 0.0514. The van der Waals surface area contributed by atoms with Crippen molar-refractivity contribution >= 4 is 34.8 Å². The Kier molecular flexibility index (Phi) is 6.21. The number of rotatable bonds is 5. The van der Waals surface area contributed by atoms with Gasteiger partial charge in [-0.2, -0.15) is 0 Å². The third-order valence-electron chi connectivity index (χ3n) is 3.99. The first-order valence-corrected chi connectivity index (χ1v) is 8.60. The number of anilines is 2. The van der Waals surface area contributed by atoms with Crippen LogP contribution in [0.4, 0.5) is 11.4 Å². The van der Waals surface area contributed by atoms with Gasteiger partial charge < -0.3 is 10.2 Å². The van der Waals surface area contributed by atoms with Crippen LogP contribution in [0.25, 0.3) is 0 Å². The lowest BCUT2D eigenvalue weighted by Crippen LogP contribution is -2.37. The maximum atomic E-state index is 12.5. The molecule has 2 aromatic carbocycles. The molecule has 2 rings (SSSR count). The van der Waals surface area contributed by atoms with Crippen LogP contribution in [0.2, 0.25) is 5.02 Å². The third kappa shape index (κ3) is 4.83. The zero-order chi connectivity index (χ0) is 18.6. The zero-order valence-electron chi connectivity index (χ0n) is 15.0. The number of aryl methyl sites for hydroxylation is 1. The molecule has 0 aromatic heterocycles. The van der Waals surface area contributed by atoms with E-state index in [1.165, 1.54) is 11.8 Å². The second-order valence-corrected chi connectivity index (χ2v) is 6.76. The number of hydrogen-bond donors (Lipinski definition) is 1. The number of benzene rings is 2. The summed E-state index contributed by atoms with van der Waals surface area (Å²) >= 11 is 5.98. The van der Waals surface area contributed by atoms with Gasteiger partial charge in [0, 0.05) is 23.3 Å². The minimum atomic E-state index is -0.238. The summed E-state index contributed by atoms with van der Waals surface area (Å²) in [5, 5.41) is 3.52. The number of carbonyl (C=O) groups excluding carboxylic acids is 2. The lowest BCUT2D eigenvalue weighted by molar-refractivity contribution is -0.120. The van der Waals surface area contributed by atoms with Gasteiger partial charge in [0.25, 0.3) is 0 Å². The van der Waals surface area contributed by atoms with Crippen LogP contribution in [-0.2, 0) is 9.59 Å². The van der Waals surface area contributed by atoms with Crippen LogP contribution in [0, 0.1) is 6.92 Å². The smallest absolute Gasteiger partial charge is 0.244 e. The summed E-state index contributed by atoms with van der Waals surface area (Å²) in [6.07, 6.45) is 0. The van der Waals surface area contributed by atoms with Crippen molar-refractivity contribution in [3.05, 3.63) is 58.6 Å². The van der Waals surface area contributed by atoms with Crippen LogP contribution in [-0.4, -0.2) is 18.4 Å². The summed E-state index contributed by atoms with van der Waals surface area (Å²) in [6, 6.07) is 12.9. The van der Waals surface area contributed by atoms with E-state index < -0.39 is 0 Å². The van der Waals surface area contributed by atoms with Crippen molar-refractivity contribution in [1.82, 2.24) is 0 Å². The second kappa shape index (κ2) is 8.17. The number of hydrogen-bond acceptors (Lipinski definition) is 2. The summed E-state index contributed by atoms with van der Waals surface area (Å²) in [7, 11) is 0. The molecule has 0 spiro atoms. The van der Waals surface area contributed by atoms with E-state index in [4.69, 9.17) is 11.6 Å². The molecular weight excluding hydrogens is 336 g/mol. The quantitative estimate of drug-likeness (QED) is 0.837. The molecule has 0 radical (unpaired) electrons. The Morgan fingerprint density at radius 2 is 1.84 bits per heavy atom. The molecule has 0 aliphatic carbocycles. The molecule has 0 fully saturated rings. The average molecular weight is 359 g/mol. The second-order valence-electron chi connectivity index (χ2n) is 6.33. The summed E-state index contributed by atoms with van der Waals surface area (Å²) in [4.78, 5) is 26.0. The summed E-state index contributed by atoms with van der Waals surface area (Å²) in [5.74, 6) is -0.144. The highest BCUT2D eigenvalue weighted by atomic mass is 35.5. The Morgan fingerprint density at radius 3 is 2.44 bits per heavy atom. The van der Waals surface area contributed by atoms with Crippen molar-refractivity contribution < 1.29 is 9.59 Å². The molecule has 2 amide bonds. The van der Waals surface area contributed by atoms with E-state index in [0.717, 1.165) is 16.8 Å². The lowest BCUT2D eigenvalue weighted by Gasteiger charge is -2.23. The Bertz CT molecular complexity index is 787. The maximum Gasteiger partial charge on any atom is 0.244 e.